The molecular weight excluding hydrogens is 393 g/mol. The highest BCUT2D eigenvalue weighted by Crippen LogP contribution is 2.27. The number of alkyl halides is 3. The van der Waals surface area contributed by atoms with Crippen molar-refractivity contribution in [3.05, 3.63) is 59.8 Å². The Hall–Kier alpha value is -2.54. The Bertz CT molecular complexity index is 973. The van der Waals surface area contributed by atoms with E-state index in [9.17, 15) is 18.0 Å². The van der Waals surface area contributed by atoms with E-state index < -0.39 is 20.8 Å². The first-order valence-electron chi connectivity index (χ1n) is 9.48. The first-order chi connectivity index (χ1) is 13.5. The zero-order chi connectivity index (χ0) is 21.6. The second-order valence-corrected chi connectivity index (χ2v) is 11.6. The van der Waals surface area contributed by atoms with Gasteiger partial charge in [0.2, 0.25) is 0 Å². The number of nitrogens with zero attached hydrogens (tertiary/aromatic N) is 2. The molecule has 0 amide bonds. The molecule has 29 heavy (non-hydrogen) atoms. The van der Waals surface area contributed by atoms with Gasteiger partial charge in [0.05, 0.1) is 0 Å². The topological polar surface area (TPSA) is 23.6 Å². The molecule has 0 bridgehead atoms. The van der Waals surface area contributed by atoms with E-state index in [0.717, 1.165) is 22.6 Å². The molecule has 2 aromatic rings. The summed E-state index contributed by atoms with van der Waals surface area (Å²) in [6, 6.07) is 10.8. The van der Waals surface area contributed by atoms with Crippen LogP contribution in [0.15, 0.2) is 48.7 Å². The van der Waals surface area contributed by atoms with Crippen LogP contribution in [0.2, 0.25) is 6.55 Å². The molecule has 7 heteroatoms. The summed E-state index contributed by atoms with van der Waals surface area (Å²) < 4.78 is 38.6. The fraction of sp³-hybridized carbons (Fsp3) is 0.318. The van der Waals surface area contributed by atoms with E-state index in [1.54, 1.807) is 18.2 Å². The van der Waals surface area contributed by atoms with Crippen LogP contribution in [0.25, 0.3) is 0 Å². The number of halogens is 3. The van der Waals surface area contributed by atoms with Crippen molar-refractivity contribution in [2.75, 3.05) is 37.0 Å². The molecule has 1 unspecified atom stereocenters. The molecule has 0 aromatic heterocycles. The van der Waals surface area contributed by atoms with E-state index in [0.29, 0.717) is 16.8 Å². The quantitative estimate of drug-likeness (QED) is 0.694. The van der Waals surface area contributed by atoms with Crippen molar-refractivity contribution in [1.82, 2.24) is 0 Å². The number of benzene rings is 2. The molecule has 1 heterocycles. The molecule has 0 radical (unpaired) electrons. The zero-order valence-electron chi connectivity index (χ0n) is 17.1. The van der Waals surface area contributed by atoms with Gasteiger partial charge in [0.1, 0.15) is 14.6 Å². The van der Waals surface area contributed by atoms with Crippen molar-refractivity contribution < 1.29 is 18.0 Å². The molecule has 1 aliphatic rings. The third-order valence-corrected chi connectivity index (χ3v) is 9.68. The van der Waals surface area contributed by atoms with Crippen LogP contribution in [0.4, 0.5) is 24.5 Å². The maximum Gasteiger partial charge on any atom is 0.405 e. The maximum atomic E-state index is 13.2. The van der Waals surface area contributed by atoms with Gasteiger partial charge in [0, 0.05) is 43.1 Å². The fourth-order valence-electron chi connectivity index (χ4n) is 3.85. The summed E-state index contributed by atoms with van der Waals surface area (Å²) in [5.74, 6) is -0.0856. The Morgan fingerprint density at radius 3 is 1.90 bits per heavy atom. The lowest BCUT2D eigenvalue weighted by atomic mass is 10.0. The van der Waals surface area contributed by atoms with Crippen LogP contribution < -0.4 is 20.2 Å². The second-order valence-electron chi connectivity index (χ2n) is 7.68. The van der Waals surface area contributed by atoms with E-state index in [1.165, 1.54) is 11.9 Å². The number of anilines is 2. The highest BCUT2D eigenvalue weighted by Gasteiger charge is 2.41. The molecule has 0 aliphatic carbocycles. The lowest BCUT2D eigenvalue weighted by Gasteiger charge is -2.35. The standard InChI is InChI=1S/C22H25F3N2OSi/c1-6-26(3)15-8-10-17-19(12-15)29(5,7-2)20-13-16(9-11-18(20)21(17)28)27(4)14-22(23,24)25/h7-13H,2,6,14H2,1,3-5H3. The molecule has 1 atom stereocenters. The lowest BCUT2D eigenvalue weighted by Crippen LogP contribution is -2.61. The predicted octanol–water partition coefficient (Wildman–Crippen LogP) is 3.60. The largest absolute Gasteiger partial charge is 0.405 e. The number of fused-ring (bicyclic) bond motifs is 2. The molecule has 3 nitrogen and oxygen atoms in total. The van der Waals surface area contributed by atoms with Gasteiger partial charge >= 0.3 is 6.18 Å². The van der Waals surface area contributed by atoms with Crippen molar-refractivity contribution in [3.8, 4) is 0 Å². The Labute approximate surface area is 170 Å². The van der Waals surface area contributed by atoms with Crippen molar-refractivity contribution in [1.29, 1.82) is 0 Å². The van der Waals surface area contributed by atoms with Gasteiger partial charge in [-0.2, -0.15) is 13.2 Å². The highest BCUT2D eigenvalue weighted by molar-refractivity contribution is 7.07. The van der Waals surface area contributed by atoms with Gasteiger partial charge < -0.3 is 9.80 Å². The number of hydrogen-bond donors (Lipinski definition) is 0. The van der Waals surface area contributed by atoms with E-state index in [4.69, 9.17) is 0 Å². The molecule has 0 fully saturated rings. The summed E-state index contributed by atoms with van der Waals surface area (Å²) in [5, 5.41) is 1.77. The molecule has 2 aromatic carbocycles. The van der Waals surface area contributed by atoms with Crippen LogP contribution in [0, 0.1) is 0 Å². The van der Waals surface area contributed by atoms with Crippen LogP contribution >= 0.6 is 0 Å². The molecule has 1 aliphatic heterocycles. The Morgan fingerprint density at radius 1 is 1.00 bits per heavy atom. The van der Waals surface area contributed by atoms with Crippen molar-refractivity contribution in [3.63, 3.8) is 0 Å². The van der Waals surface area contributed by atoms with Crippen LogP contribution in [-0.2, 0) is 0 Å². The van der Waals surface area contributed by atoms with Gasteiger partial charge in [-0.25, -0.2) is 0 Å². The Kier molecular flexibility index (Phi) is 5.38. The smallest absolute Gasteiger partial charge is 0.375 e. The van der Waals surface area contributed by atoms with E-state index in [1.807, 2.05) is 37.9 Å². The highest BCUT2D eigenvalue weighted by atomic mass is 28.3. The molecule has 154 valence electrons. The molecule has 0 spiro atoms. The van der Waals surface area contributed by atoms with Crippen LogP contribution in [0.3, 0.4) is 0 Å². The minimum atomic E-state index is -4.30. The summed E-state index contributed by atoms with van der Waals surface area (Å²) >= 11 is 0. The summed E-state index contributed by atoms with van der Waals surface area (Å²) in [7, 11) is 0.884. The lowest BCUT2D eigenvalue weighted by molar-refractivity contribution is -0.119. The van der Waals surface area contributed by atoms with Crippen molar-refractivity contribution in [2.24, 2.45) is 0 Å². The normalized spacial score (nSPS) is 18.1. The van der Waals surface area contributed by atoms with Crippen molar-refractivity contribution >= 4 is 35.6 Å². The third kappa shape index (κ3) is 3.71. The van der Waals surface area contributed by atoms with Gasteiger partial charge in [0.15, 0.2) is 5.78 Å². The van der Waals surface area contributed by atoms with Gasteiger partial charge in [-0.3, -0.25) is 4.79 Å². The average molecular weight is 419 g/mol. The first kappa shape index (κ1) is 21.2. The minimum absolute atomic E-state index is 0.0856. The molecule has 0 saturated carbocycles. The van der Waals surface area contributed by atoms with Gasteiger partial charge in [-0.1, -0.05) is 12.2 Å². The molecule has 3 rings (SSSR count). The van der Waals surface area contributed by atoms with E-state index >= 15 is 0 Å². The average Bonchev–Trinajstić information content (AvgIpc) is 2.69. The van der Waals surface area contributed by atoms with Crippen LogP contribution in [0.5, 0.6) is 0 Å². The number of carbonyl (C=O) groups excluding carboxylic acids is 1. The van der Waals surface area contributed by atoms with E-state index in [-0.39, 0.29) is 5.78 Å². The number of hydrogen-bond acceptors (Lipinski definition) is 3. The van der Waals surface area contributed by atoms with E-state index in [2.05, 4.69) is 18.0 Å². The first-order valence-corrected chi connectivity index (χ1v) is 12.1. The molecule has 0 saturated heterocycles. The minimum Gasteiger partial charge on any atom is -0.375 e. The summed E-state index contributed by atoms with van der Waals surface area (Å²) in [6.07, 6.45) is -4.30. The van der Waals surface area contributed by atoms with Crippen molar-refractivity contribution in [2.45, 2.75) is 19.6 Å². The van der Waals surface area contributed by atoms with Gasteiger partial charge in [-0.05, 0) is 53.7 Å². The van der Waals surface area contributed by atoms with Crippen LogP contribution in [0.1, 0.15) is 22.8 Å². The number of ketones is 1. The zero-order valence-corrected chi connectivity index (χ0v) is 18.1. The summed E-state index contributed by atoms with van der Waals surface area (Å²) in [5.41, 5.74) is 4.58. The predicted molar refractivity (Wildman–Crippen MR) is 116 cm³/mol. The molecule has 0 N–H and O–H groups in total. The monoisotopic (exact) mass is 418 g/mol. The van der Waals surface area contributed by atoms with Gasteiger partial charge in [-0.15, -0.1) is 6.58 Å². The Morgan fingerprint density at radius 2 is 1.48 bits per heavy atom. The fourth-order valence-corrected chi connectivity index (χ4v) is 6.99. The summed E-state index contributed by atoms with van der Waals surface area (Å²) in [6.45, 7) is 7.96. The van der Waals surface area contributed by atoms with Crippen LogP contribution in [-0.4, -0.2) is 47.2 Å². The maximum absolute atomic E-state index is 13.2. The molecular formula is C22H25F3N2OSi. The number of rotatable bonds is 5. The SMILES string of the molecule is C=C[Si]1(C)c2cc(N(C)CC)ccc2C(=O)c2ccc(N(C)CC(F)(F)F)cc21. The second kappa shape index (κ2) is 7.37. The third-order valence-electron chi connectivity index (χ3n) is 5.80. The Balaban J connectivity index is 2.16. The van der Waals surface area contributed by atoms with Gasteiger partial charge in [0.25, 0.3) is 0 Å². The summed E-state index contributed by atoms with van der Waals surface area (Å²) in [4.78, 5) is 16.4. The number of carbonyl (C=O) groups is 1.